The van der Waals surface area contributed by atoms with E-state index in [4.69, 9.17) is 17.3 Å². The minimum Gasteiger partial charge on any atom is -0.398 e. The van der Waals surface area contributed by atoms with E-state index in [-0.39, 0.29) is 0 Å². The lowest BCUT2D eigenvalue weighted by atomic mass is 10.1. The summed E-state index contributed by atoms with van der Waals surface area (Å²) in [5, 5.41) is 0.727. The minimum absolute atomic E-state index is 0.727. The van der Waals surface area contributed by atoms with E-state index in [2.05, 4.69) is 31.2 Å². The number of anilines is 1. The molecular weight excluding hydrogens is 262 g/mol. The van der Waals surface area contributed by atoms with Gasteiger partial charge in [0, 0.05) is 16.3 Å². The van der Waals surface area contributed by atoms with Gasteiger partial charge in [-0.15, -0.1) is 11.8 Å². The minimum atomic E-state index is 0.727. The fraction of sp³-hybridized carbons (Fsp3) is 0.200. The molecule has 0 aliphatic heterocycles. The van der Waals surface area contributed by atoms with E-state index >= 15 is 0 Å². The highest BCUT2D eigenvalue weighted by Gasteiger charge is 2.05. The van der Waals surface area contributed by atoms with Crippen molar-refractivity contribution in [2.75, 3.05) is 5.73 Å². The van der Waals surface area contributed by atoms with Crippen molar-refractivity contribution in [3.63, 3.8) is 0 Å². The normalized spacial score (nSPS) is 10.6. The van der Waals surface area contributed by atoms with Crippen molar-refractivity contribution in [1.29, 1.82) is 0 Å². The van der Waals surface area contributed by atoms with E-state index in [1.165, 1.54) is 11.1 Å². The summed E-state index contributed by atoms with van der Waals surface area (Å²) in [6.45, 7) is 2.16. The molecule has 0 aliphatic carbocycles. The summed E-state index contributed by atoms with van der Waals surface area (Å²) in [5.74, 6) is 0.887. The first-order valence-electron chi connectivity index (χ1n) is 5.95. The Bertz CT molecular complexity index is 502. The van der Waals surface area contributed by atoms with Crippen molar-refractivity contribution >= 4 is 29.1 Å². The zero-order chi connectivity index (χ0) is 13.0. The maximum absolute atomic E-state index is 6.14. The van der Waals surface area contributed by atoms with Crippen LogP contribution in [0.5, 0.6) is 0 Å². The number of rotatable bonds is 4. The Morgan fingerprint density at radius 3 is 2.33 bits per heavy atom. The molecule has 2 N–H and O–H groups in total. The summed E-state index contributed by atoms with van der Waals surface area (Å²) in [7, 11) is 0. The van der Waals surface area contributed by atoms with Gasteiger partial charge in [0.15, 0.2) is 0 Å². The number of hydrogen-bond donors (Lipinski definition) is 1. The Morgan fingerprint density at radius 2 is 1.72 bits per heavy atom. The quantitative estimate of drug-likeness (QED) is 0.643. The molecule has 2 aromatic rings. The van der Waals surface area contributed by atoms with Gasteiger partial charge >= 0.3 is 0 Å². The van der Waals surface area contributed by atoms with Crippen LogP contribution in [0, 0.1) is 0 Å². The first-order chi connectivity index (χ1) is 8.70. The van der Waals surface area contributed by atoms with E-state index in [0.717, 1.165) is 27.8 Å². The lowest BCUT2D eigenvalue weighted by Gasteiger charge is -2.08. The first kappa shape index (κ1) is 13.3. The number of hydrogen-bond acceptors (Lipinski definition) is 2. The van der Waals surface area contributed by atoms with Gasteiger partial charge in [0.1, 0.15) is 0 Å². The third-order valence-corrected chi connectivity index (χ3v) is 4.46. The van der Waals surface area contributed by atoms with Crippen LogP contribution in [-0.4, -0.2) is 0 Å². The highest BCUT2D eigenvalue weighted by atomic mass is 35.5. The molecule has 0 heterocycles. The third kappa shape index (κ3) is 3.21. The molecule has 1 nitrogen and oxygen atoms in total. The first-order valence-corrected chi connectivity index (χ1v) is 7.31. The topological polar surface area (TPSA) is 26.0 Å². The molecule has 0 bridgehead atoms. The van der Waals surface area contributed by atoms with E-state index in [1.807, 2.05) is 18.2 Å². The Labute approximate surface area is 117 Å². The van der Waals surface area contributed by atoms with Crippen LogP contribution in [0.25, 0.3) is 0 Å². The van der Waals surface area contributed by atoms with Gasteiger partial charge in [-0.2, -0.15) is 0 Å². The molecule has 94 valence electrons. The van der Waals surface area contributed by atoms with Crippen molar-refractivity contribution < 1.29 is 0 Å². The van der Waals surface area contributed by atoms with Crippen LogP contribution in [0.4, 0.5) is 5.69 Å². The van der Waals surface area contributed by atoms with Crippen LogP contribution >= 0.6 is 23.4 Å². The number of thioether (sulfide) groups is 1. The van der Waals surface area contributed by atoms with E-state index in [0.29, 0.717) is 0 Å². The lowest BCUT2D eigenvalue weighted by Crippen LogP contribution is -1.90. The molecule has 18 heavy (non-hydrogen) atoms. The van der Waals surface area contributed by atoms with Crippen molar-refractivity contribution in [3.8, 4) is 0 Å². The maximum atomic E-state index is 6.14. The molecule has 0 aliphatic rings. The highest BCUT2D eigenvalue weighted by molar-refractivity contribution is 7.98. The van der Waals surface area contributed by atoms with Crippen molar-refractivity contribution in [2.24, 2.45) is 0 Å². The number of aryl methyl sites for hydroxylation is 1. The highest BCUT2D eigenvalue weighted by Crippen LogP contribution is 2.34. The molecule has 0 spiro atoms. The van der Waals surface area contributed by atoms with Crippen LogP contribution < -0.4 is 5.73 Å². The monoisotopic (exact) mass is 277 g/mol. The fourth-order valence-electron chi connectivity index (χ4n) is 1.70. The molecule has 0 radical (unpaired) electrons. The Kier molecular flexibility index (Phi) is 4.56. The second-order valence-electron chi connectivity index (χ2n) is 4.12. The second-order valence-corrected chi connectivity index (χ2v) is 5.51. The Hall–Kier alpha value is -1.12. The summed E-state index contributed by atoms with van der Waals surface area (Å²) in [5.41, 5.74) is 9.32. The molecule has 0 saturated carbocycles. The fourth-order valence-corrected chi connectivity index (χ4v) is 2.99. The van der Waals surface area contributed by atoms with Gasteiger partial charge in [-0.05, 0) is 29.7 Å². The number of benzene rings is 2. The van der Waals surface area contributed by atoms with Crippen LogP contribution in [0.2, 0.25) is 5.02 Å². The molecule has 0 saturated heterocycles. The van der Waals surface area contributed by atoms with E-state index in [1.54, 1.807) is 11.8 Å². The molecule has 0 unspecified atom stereocenters. The predicted octanol–water partition coefficient (Wildman–Crippen LogP) is 4.78. The number of nitrogens with two attached hydrogens (primary N) is 1. The molecule has 3 heteroatoms. The molecule has 0 fully saturated rings. The Morgan fingerprint density at radius 1 is 1.06 bits per heavy atom. The SMILES string of the molecule is CCc1ccc(CSc2c(N)cccc2Cl)cc1. The zero-order valence-electron chi connectivity index (χ0n) is 10.3. The summed E-state index contributed by atoms with van der Waals surface area (Å²) >= 11 is 7.83. The molecule has 2 aromatic carbocycles. The summed E-state index contributed by atoms with van der Waals surface area (Å²) in [6.07, 6.45) is 1.07. The molecular formula is C15H16ClNS. The maximum Gasteiger partial charge on any atom is 0.0562 e. The molecule has 0 amide bonds. The van der Waals surface area contributed by atoms with E-state index in [9.17, 15) is 0 Å². The Balaban J connectivity index is 2.06. The van der Waals surface area contributed by atoms with Gasteiger partial charge in [0.25, 0.3) is 0 Å². The van der Waals surface area contributed by atoms with Gasteiger partial charge in [-0.25, -0.2) is 0 Å². The van der Waals surface area contributed by atoms with Gasteiger partial charge in [0.05, 0.1) is 5.02 Å². The second kappa shape index (κ2) is 6.17. The standard InChI is InChI=1S/C15H16ClNS/c1-2-11-6-8-12(9-7-11)10-18-15-13(16)4-3-5-14(15)17/h3-9H,2,10,17H2,1H3. The molecule has 2 rings (SSSR count). The average Bonchev–Trinajstić information content (AvgIpc) is 2.39. The largest absolute Gasteiger partial charge is 0.398 e. The average molecular weight is 278 g/mol. The van der Waals surface area contributed by atoms with E-state index < -0.39 is 0 Å². The van der Waals surface area contributed by atoms with Crippen LogP contribution in [0.15, 0.2) is 47.4 Å². The summed E-state index contributed by atoms with van der Waals surface area (Å²) in [4.78, 5) is 0.971. The third-order valence-electron chi connectivity index (χ3n) is 2.81. The molecule has 0 aromatic heterocycles. The van der Waals surface area contributed by atoms with Crippen molar-refractivity contribution in [1.82, 2.24) is 0 Å². The van der Waals surface area contributed by atoms with Crippen molar-refractivity contribution in [2.45, 2.75) is 24.0 Å². The smallest absolute Gasteiger partial charge is 0.0562 e. The van der Waals surface area contributed by atoms with Gasteiger partial charge in [-0.1, -0.05) is 48.9 Å². The molecule has 0 atom stereocenters. The van der Waals surface area contributed by atoms with Gasteiger partial charge in [0.2, 0.25) is 0 Å². The van der Waals surface area contributed by atoms with Gasteiger partial charge in [-0.3, -0.25) is 0 Å². The lowest BCUT2D eigenvalue weighted by molar-refractivity contribution is 1.13. The zero-order valence-corrected chi connectivity index (χ0v) is 11.9. The van der Waals surface area contributed by atoms with Crippen LogP contribution in [0.3, 0.4) is 0 Å². The predicted molar refractivity (Wildman–Crippen MR) is 81.2 cm³/mol. The van der Waals surface area contributed by atoms with Crippen LogP contribution in [-0.2, 0) is 12.2 Å². The van der Waals surface area contributed by atoms with Gasteiger partial charge < -0.3 is 5.73 Å². The van der Waals surface area contributed by atoms with Crippen LogP contribution in [0.1, 0.15) is 18.1 Å². The summed E-state index contributed by atoms with van der Waals surface area (Å²) < 4.78 is 0. The van der Waals surface area contributed by atoms with Crippen molar-refractivity contribution in [3.05, 3.63) is 58.6 Å². The number of halogens is 1. The summed E-state index contributed by atoms with van der Waals surface area (Å²) in [6, 6.07) is 14.3. The number of nitrogen functional groups attached to an aromatic ring is 1.